The molecule has 1 aliphatic heterocycles. The van der Waals surface area contributed by atoms with Crippen LogP contribution in [0.25, 0.3) is 6.08 Å². The van der Waals surface area contributed by atoms with Crippen molar-refractivity contribution < 1.29 is 14.3 Å². The predicted octanol–water partition coefficient (Wildman–Crippen LogP) is 3.73. The summed E-state index contributed by atoms with van der Waals surface area (Å²) in [6.45, 7) is 4.04. The van der Waals surface area contributed by atoms with E-state index in [1.807, 2.05) is 54.6 Å². The fraction of sp³-hybridized carbons (Fsp3) is 0.0952. The van der Waals surface area contributed by atoms with Crippen LogP contribution in [-0.4, -0.2) is 27.8 Å². The number of carbonyl (C=O) groups excluding carboxylic acids is 2. The molecular weight excluding hydrogens is 392 g/mol. The van der Waals surface area contributed by atoms with Gasteiger partial charge in [0.2, 0.25) is 5.91 Å². The average molecular weight is 411 g/mol. The molecule has 0 radical (unpaired) electrons. The Labute approximate surface area is 173 Å². The van der Waals surface area contributed by atoms with Crippen LogP contribution in [0.1, 0.15) is 11.1 Å². The first kappa shape index (κ1) is 19.9. The summed E-state index contributed by atoms with van der Waals surface area (Å²) in [6, 6.07) is 16.6. The van der Waals surface area contributed by atoms with Crippen LogP contribution in [0.3, 0.4) is 0 Å². The van der Waals surface area contributed by atoms with E-state index in [0.29, 0.717) is 15.8 Å². The predicted molar refractivity (Wildman–Crippen MR) is 115 cm³/mol. The highest BCUT2D eigenvalue weighted by Gasteiger charge is 2.33. The molecule has 0 aromatic heterocycles. The number of thiocarbonyl (C=S) groups is 1. The molecule has 0 saturated carbocycles. The van der Waals surface area contributed by atoms with Crippen LogP contribution in [-0.2, 0) is 16.0 Å². The van der Waals surface area contributed by atoms with E-state index in [2.05, 4.69) is 12.0 Å². The van der Waals surface area contributed by atoms with Gasteiger partial charge in [0.05, 0.1) is 11.3 Å². The first-order valence-corrected chi connectivity index (χ1v) is 9.74. The number of hydrogen-bond donors (Lipinski definition) is 1. The van der Waals surface area contributed by atoms with Crippen molar-refractivity contribution in [2.24, 2.45) is 0 Å². The fourth-order valence-electron chi connectivity index (χ4n) is 2.48. The summed E-state index contributed by atoms with van der Waals surface area (Å²) in [5.41, 5.74) is 4.28. The Hall–Kier alpha value is -2.90. The average Bonchev–Trinajstić information content (AvgIpc) is 2.95. The second-order valence-electron chi connectivity index (χ2n) is 5.88. The van der Waals surface area contributed by atoms with E-state index in [9.17, 15) is 9.59 Å². The maximum absolute atomic E-state index is 12.6. The molecule has 1 saturated heterocycles. The summed E-state index contributed by atoms with van der Waals surface area (Å²) >= 11 is 6.40. The lowest BCUT2D eigenvalue weighted by Gasteiger charge is -2.15. The largest absolute Gasteiger partial charge is 0.490 e. The van der Waals surface area contributed by atoms with Gasteiger partial charge in [-0.05, 0) is 41.6 Å². The SMILES string of the molecule is C=CCOc1ccc(/C=C2\SC(=S)N(NC(=O)Cc3ccccc3)C2=O)cc1. The number of benzene rings is 2. The zero-order valence-corrected chi connectivity index (χ0v) is 16.6. The number of thioether (sulfide) groups is 1. The lowest BCUT2D eigenvalue weighted by molar-refractivity contribution is -0.132. The van der Waals surface area contributed by atoms with Gasteiger partial charge in [-0.25, -0.2) is 0 Å². The Balaban J connectivity index is 1.64. The molecule has 2 aromatic carbocycles. The molecule has 0 spiro atoms. The van der Waals surface area contributed by atoms with E-state index in [0.717, 1.165) is 33.6 Å². The molecule has 3 rings (SSSR count). The Morgan fingerprint density at radius 3 is 2.57 bits per heavy atom. The zero-order valence-electron chi connectivity index (χ0n) is 15.0. The zero-order chi connectivity index (χ0) is 19.9. The van der Waals surface area contributed by atoms with Crippen LogP contribution < -0.4 is 10.2 Å². The number of hydrogen-bond acceptors (Lipinski definition) is 5. The lowest BCUT2D eigenvalue weighted by atomic mass is 10.1. The van der Waals surface area contributed by atoms with E-state index >= 15 is 0 Å². The van der Waals surface area contributed by atoms with Crippen molar-refractivity contribution >= 4 is 46.2 Å². The molecule has 1 heterocycles. The van der Waals surface area contributed by atoms with Gasteiger partial charge < -0.3 is 4.74 Å². The van der Waals surface area contributed by atoms with Crippen molar-refractivity contribution in [3.8, 4) is 5.75 Å². The summed E-state index contributed by atoms with van der Waals surface area (Å²) in [7, 11) is 0. The van der Waals surface area contributed by atoms with Gasteiger partial charge in [-0.3, -0.25) is 15.0 Å². The fourth-order valence-corrected chi connectivity index (χ4v) is 3.66. The van der Waals surface area contributed by atoms with E-state index in [1.165, 1.54) is 0 Å². The van der Waals surface area contributed by atoms with Crippen LogP contribution in [0.5, 0.6) is 5.75 Å². The molecular formula is C21H18N2O3S2. The Bertz CT molecular complexity index is 924. The second-order valence-corrected chi connectivity index (χ2v) is 7.56. The molecule has 1 aliphatic rings. The quantitative estimate of drug-likeness (QED) is 0.428. The molecule has 0 unspecified atom stereocenters. The van der Waals surface area contributed by atoms with E-state index in [4.69, 9.17) is 17.0 Å². The maximum Gasteiger partial charge on any atom is 0.285 e. The molecule has 0 bridgehead atoms. The lowest BCUT2D eigenvalue weighted by Crippen LogP contribution is -2.45. The number of carbonyl (C=O) groups is 2. The van der Waals surface area contributed by atoms with Gasteiger partial charge in [-0.2, -0.15) is 5.01 Å². The Kier molecular flexibility index (Phi) is 6.62. The highest BCUT2D eigenvalue weighted by Crippen LogP contribution is 2.31. The molecule has 0 atom stereocenters. The number of ether oxygens (including phenoxy) is 1. The monoisotopic (exact) mass is 410 g/mol. The van der Waals surface area contributed by atoms with E-state index < -0.39 is 0 Å². The number of rotatable bonds is 7. The summed E-state index contributed by atoms with van der Waals surface area (Å²) in [6.07, 6.45) is 3.58. The van der Waals surface area contributed by atoms with Gasteiger partial charge in [0.25, 0.3) is 5.91 Å². The molecule has 2 aromatic rings. The van der Waals surface area contributed by atoms with Gasteiger partial charge in [0.15, 0.2) is 4.32 Å². The molecule has 5 nitrogen and oxygen atoms in total. The topological polar surface area (TPSA) is 58.6 Å². The van der Waals surface area contributed by atoms with E-state index in [-0.39, 0.29) is 18.2 Å². The number of hydrazine groups is 1. The molecule has 142 valence electrons. The van der Waals surface area contributed by atoms with Gasteiger partial charge >= 0.3 is 0 Å². The molecule has 0 aliphatic carbocycles. The normalized spacial score (nSPS) is 15.0. The number of amides is 2. The first-order valence-electron chi connectivity index (χ1n) is 8.52. The highest BCUT2D eigenvalue weighted by molar-refractivity contribution is 8.26. The smallest absolute Gasteiger partial charge is 0.285 e. The van der Waals surface area contributed by atoms with Crippen LogP contribution >= 0.6 is 24.0 Å². The minimum Gasteiger partial charge on any atom is -0.490 e. The highest BCUT2D eigenvalue weighted by atomic mass is 32.2. The minimum atomic E-state index is -0.344. The van der Waals surface area contributed by atoms with E-state index in [1.54, 1.807) is 12.2 Å². The third-order valence-corrected chi connectivity index (χ3v) is 5.09. The summed E-state index contributed by atoms with van der Waals surface area (Å²) in [5, 5.41) is 1.12. The Morgan fingerprint density at radius 2 is 1.89 bits per heavy atom. The molecule has 1 N–H and O–H groups in total. The third kappa shape index (κ3) is 5.09. The van der Waals surface area contributed by atoms with Crippen molar-refractivity contribution in [3.63, 3.8) is 0 Å². The van der Waals surface area contributed by atoms with Crippen molar-refractivity contribution in [3.05, 3.63) is 83.3 Å². The number of nitrogens with zero attached hydrogens (tertiary/aromatic N) is 1. The van der Waals surface area contributed by atoms with Gasteiger partial charge in [-0.1, -0.05) is 66.9 Å². The van der Waals surface area contributed by atoms with Crippen molar-refractivity contribution in [1.29, 1.82) is 0 Å². The van der Waals surface area contributed by atoms with Crippen LogP contribution in [0.4, 0.5) is 0 Å². The number of nitrogens with one attached hydrogen (secondary N) is 1. The summed E-state index contributed by atoms with van der Waals surface area (Å²) in [4.78, 5) is 25.3. The van der Waals surface area contributed by atoms with Crippen molar-refractivity contribution in [2.75, 3.05) is 6.61 Å². The Morgan fingerprint density at radius 1 is 1.18 bits per heavy atom. The molecule has 7 heteroatoms. The molecule has 1 fully saturated rings. The van der Waals surface area contributed by atoms with Crippen LogP contribution in [0.2, 0.25) is 0 Å². The summed E-state index contributed by atoms with van der Waals surface area (Å²) in [5.74, 6) is 0.0774. The molecule has 2 amide bonds. The first-order chi connectivity index (χ1) is 13.6. The third-order valence-electron chi connectivity index (χ3n) is 3.78. The van der Waals surface area contributed by atoms with Crippen molar-refractivity contribution in [1.82, 2.24) is 10.4 Å². The molecule has 28 heavy (non-hydrogen) atoms. The van der Waals surface area contributed by atoms with Crippen LogP contribution in [0, 0.1) is 0 Å². The van der Waals surface area contributed by atoms with Crippen molar-refractivity contribution in [2.45, 2.75) is 6.42 Å². The van der Waals surface area contributed by atoms with Gasteiger partial charge in [-0.15, -0.1) is 0 Å². The standard InChI is InChI=1S/C21H18N2O3S2/c1-2-12-26-17-10-8-16(9-11-17)13-18-20(25)23(21(27)28-18)22-19(24)14-15-6-4-3-5-7-15/h2-11,13H,1,12,14H2,(H,22,24)/b18-13-. The van der Waals surface area contributed by atoms with Gasteiger partial charge in [0, 0.05) is 0 Å². The summed E-state index contributed by atoms with van der Waals surface area (Å²) < 4.78 is 5.74. The second kappa shape index (κ2) is 9.34. The minimum absolute atomic E-state index is 0.170. The van der Waals surface area contributed by atoms with Gasteiger partial charge in [0.1, 0.15) is 12.4 Å². The maximum atomic E-state index is 12.6. The van der Waals surface area contributed by atoms with Crippen LogP contribution in [0.15, 0.2) is 72.2 Å².